The Balaban J connectivity index is 2.64. The highest BCUT2D eigenvalue weighted by atomic mass is 32.2. The summed E-state index contributed by atoms with van der Waals surface area (Å²) in [7, 11) is 1.90. The molecule has 0 aromatic heterocycles. The summed E-state index contributed by atoms with van der Waals surface area (Å²) in [6.07, 6.45) is 4.62. The average molecular weight is 274 g/mol. The topological polar surface area (TPSA) is 55.6 Å². The molecule has 0 spiro atoms. The molecular weight excluding hydrogens is 248 g/mol. The number of hydrogen-bond acceptors (Lipinski definition) is 4. The number of ether oxygens (including phenoxy) is 1. The van der Waals surface area contributed by atoms with E-state index in [1.54, 1.807) is 0 Å². The van der Waals surface area contributed by atoms with Crippen molar-refractivity contribution in [1.29, 1.82) is 0 Å². The van der Waals surface area contributed by atoms with E-state index in [9.17, 15) is 4.79 Å². The standard InChI is InChI=1S/C13H26N2O2S/c1-11(4-9-18-3)15(2)12(16)13(10-14)5-7-17-8-6-13/h11H,4-10,14H2,1-3H3. The van der Waals surface area contributed by atoms with Gasteiger partial charge in [-0.05, 0) is 38.2 Å². The van der Waals surface area contributed by atoms with Gasteiger partial charge in [-0.2, -0.15) is 11.8 Å². The SMILES string of the molecule is CSCCC(C)N(C)C(=O)C1(CN)CCOCC1. The van der Waals surface area contributed by atoms with Crippen molar-refractivity contribution in [2.24, 2.45) is 11.1 Å². The van der Waals surface area contributed by atoms with Crippen LogP contribution in [0.1, 0.15) is 26.2 Å². The summed E-state index contributed by atoms with van der Waals surface area (Å²) in [5.74, 6) is 1.28. The Morgan fingerprint density at radius 1 is 1.50 bits per heavy atom. The zero-order valence-electron chi connectivity index (χ0n) is 11.8. The molecule has 0 aliphatic carbocycles. The van der Waals surface area contributed by atoms with Gasteiger partial charge in [0.25, 0.3) is 0 Å². The Morgan fingerprint density at radius 3 is 2.61 bits per heavy atom. The summed E-state index contributed by atoms with van der Waals surface area (Å²) in [6.45, 7) is 3.83. The van der Waals surface area contributed by atoms with Crippen LogP contribution >= 0.6 is 11.8 Å². The van der Waals surface area contributed by atoms with Gasteiger partial charge in [-0.25, -0.2) is 0 Å². The first-order valence-corrected chi connectivity index (χ1v) is 8.01. The number of carbonyl (C=O) groups is 1. The third kappa shape index (κ3) is 3.62. The zero-order chi connectivity index (χ0) is 13.6. The summed E-state index contributed by atoms with van der Waals surface area (Å²) >= 11 is 1.82. The molecule has 4 nitrogen and oxygen atoms in total. The monoisotopic (exact) mass is 274 g/mol. The van der Waals surface area contributed by atoms with Crippen molar-refractivity contribution in [2.45, 2.75) is 32.2 Å². The Bertz CT molecular complexity index is 268. The summed E-state index contributed by atoms with van der Waals surface area (Å²) in [6, 6.07) is 0.274. The van der Waals surface area contributed by atoms with E-state index >= 15 is 0 Å². The van der Waals surface area contributed by atoms with Gasteiger partial charge < -0.3 is 15.4 Å². The van der Waals surface area contributed by atoms with Gasteiger partial charge in [-0.15, -0.1) is 0 Å². The van der Waals surface area contributed by atoms with E-state index in [4.69, 9.17) is 10.5 Å². The van der Waals surface area contributed by atoms with Crippen LogP contribution in [0.15, 0.2) is 0 Å². The van der Waals surface area contributed by atoms with Crippen molar-refractivity contribution in [3.05, 3.63) is 0 Å². The third-order valence-corrected chi connectivity index (χ3v) is 4.66. The maximum absolute atomic E-state index is 12.6. The molecule has 1 unspecified atom stereocenters. The van der Waals surface area contributed by atoms with Gasteiger partial charge in [0, 0.05) is 32.8 Å². The fraction of sp³-hybridized carbons (Fsp3) is 0.923. The van der Waals surface area contributed by atoms with Gasteiger partial charge in [-0.1, -0.05) is 0 Å². The number of carbonyl (C=O) groups excluding carboxylic acids is 1. The number of nitrogens with zero attached hydrogens (tertiary/aromatic N) is 1. The minimum atomic E-state index is -0.388. The van der Waals surface area contributed by atoms with Crippen LogP contribution in [0.2, 0.25) is 0 Å². The zero-order valence-corrected chi connectivity index (χ0v) is 12.6. The number of amides is 1. The fourth-order valence-corrected chi connectivity index (χ4v) is 2.90. The molecule has 1 fully saturated rings. The van der Waals surface area contributed by atoms with E-state index in [0.717, 1.165) is 25.0 Å². The number of rotatable bonds is 6. The van der Waals surface area contributed by atoms with Crippen LogP contribution in [0.3, 0.4) is 0 Å². The lowest BCUT2D eigenvalue weighted by Crippen LogP contribution is -2.52. The van der Waals surface area contributed by atoms with E-state index in [-0.39, 0.29) is 17.4 Å². The maximum atomic E-state index is 12.6. The van der Waals surface area contributed by atoms with Crippen molar-refractivity contribution in [2.75, 3.05) is 38.8 Å². The minimum absolute atomic E-state index is 0.196. The van der Waals surface area contributed by atoms with Crippen molar-refractivity contribution in [1.82, 2.24) is 4.90 Å². The highest BCUT2D eigenvalue weighted by molar-refractivity contribution is 7.98. The highest BCUT2D eigenvalue weighted by Crippen LogP contribution is 2.32. The van der Waals surface area contributed by atoms with Gasteiger partial charge in [0.1, 0.15) is 0 Å². The van der Waals surface area contributed by atoms with Gasteiger partial charge in [0.15, 0.2) is 0 Å². The summed E-state index contributed by atoms with van der Waals surface area (Å²) in [4.78, 5) is 14.5. The Morgan fingerprint density at radius 2 is 2.11 bits per heavy atom. The molecule has 0 aromatic rings. The lowest BCUT2D eigenvalue weighted by Gasteiger charge is -2.39. The molecule has 5 heteroatoms. The third-order valence-electron chi connectivity index (χ3n) is 4.02. The Kier molecular flexibility index (Phi) is 6.46. The molecule has 1 amide bonds. The molecule has 1 aliphatic heterocycles. The predicted molar refractivity (Wildman–Crippen MR) is 76.8 cm³/mol. The van der Waals surface area contributed by atoms with Gasteiger partial charge in [0.05, 0.1) is 5.41 Å². The molecule has 18 heavy (non-hydrogen) atoms. The first-order valence-electron chi connectivity index (χ1n) is 6.61. The van der Waals surface area contributed by atoms with E-state index in [1.165, 1.54) is 0 Å². The van der Waals surface area contributed by atoms with Crippen molar-refractivity contribution >= 4 is 17.7 Å². The van der Waals surface area contributed by atoms with E-state index in [0.29, 0.717) is 19.8 Å². The maximum Gasteiger partial charge on any atom is 0.230 e. The second-order valence-electron chi connectivity index (χ2n) is 5.14. The molecule has 2 N–H and O–H groups in total. The number of nitrogens with two attached hydrogens (primary N) is 1. The molecule has 0 aromatic carbocycles. The van der Waals surface area contributed by atoms with Gasteiger partial charge in [0.2, 0.25) is 5.91 Å². The summed E-state index contributed by atoms with van der Waals surface area (Å²) in [5, 5.41) is 0. The van der Waals surface area contributed by atoms with Crippen LogP contribution in [0, 0.1) is 5.41 Å². The lowest BCUT2D eigenvalue weighted by molar-refractivity contribution is -0.147. The van der Waals surface area contributed by atoms with Crippen LogP contribution in [-0.2, 0) is 9.53 Å². The fourth-order valence-electron chi connectivity index (χ4n) is 2.32. The summed E-state index contributed by atoms with van der Waals surface area (Å²) < 4.78 is 5.35. The molecule has 0 radical (unpaired) electrons. The van der Waals surface area contributed by atoms with Gasteiger partial charge in [-0.3, -0.25) is 4.79 Å². The average Bonchev–Trinajstić information content (AvgIpc) is 2.43. The van der Waals surface area contributed by atoms with Gasteiger partial charge >= 0.3 is 0 Å². The van der Waals surface area contributed by atoms with E-state index in [1.807, 2.05) is 23.7 Å². The molecule has 1 saturated heterocycles. The van der Waals surface area contributed by atoms with Crippen molar-refractivity contribution < 1.29 is 9.53 Å². The second-order valence-corrected chi connectivity index (χ2v) is 6.13. The van der Waals surface area contributed by atoms with Crippen molar-refractivity contribution in [3.8, 4) is 0 Å². The molecule has 1 aliphatic rings. The largest absolute Gasteiger partial charge is 0.381 e. The Hall–Kier alpha value is -0.260. The van der Waals surface area contributed by atoms with Crippen LogP contribution in [0.5, 0.6) is 0 Å². The molecule has 1 rings (SSSR count). The van der Waals surface area contributed by atoms with Crippen LogP contribution < -0.4 is 5.73 Å². The quantitative estimate of drug-likeness (QED) is 0.794. The van der Waals surface area contributed by atoms with E-state index < -0.39 is 0 Å². The van der Waals surface area contributed by atoms with Crippen LogP contribution in [-0.4, -0.2) is 55.7 Å². The van der Waals surface area contributed by atoms with E-state index in [2.05, 4.69) is 13.2 Å². The first-order chi connectivity index (χ1) is 8.57. The lowest BCUT2D eigenvalue weighted by atomic mass is 9.78. The molecular formula is C13H26N2O2S. The minimum Gasteiger partial charge on any atom is -0.381 e. The number of thioether (sulfide) groups is 1. The first kappa shape index (κ1) is 15.8. The Labute approximate surface area is 115 Å². The molecule has 0 bridgehead atoms. The number of hydrogen-bond donors (Lipinski definition) is 1. The smallest absolute Gasteiger partial charge is 0.230 e. The summed E-state index contributed by atoms with van der Waals surface area (Å²) in [5.41, 5.74) is 5.48. The molecule has 0 saturated carbocycles. The predicted octanol–water partition coefficient (Wildman–Crippen LogP) is 1.34. The van der Waals surface area contributed by atoms with Crippen LogP contribution in [0.25, 0.3) is 0 Å². The molecule has 1 heterocycles. The highest BCUT2D eigenvalue weighted by Gasteiger charge is 2.41. The van der Waals surface area contributed by atoms with Crippen LogP contribution in [0.4, 0.5) is 0 Å². The molecule has 106 valence electrons. The van der Waals surface area contributed by atoms with Crippen molar-refractivity contribution in [3.63, 3.8) is 0 Å². The second kappa shape index (κ2) is 7.36. The molecule has 1 atom stereocenters. The normalized spacial score (nSPS) is 20.4.